The molecular formula is C19H27N3O2S. The van der Waals surface area contributed by atoms with Crippen LogP contribution < -0.4 is 4.90 Å². The molecule has 0 saturated heterocycles. The van der Waals surface area contributed by atoms with E-state index >= 15 is 0 Å². The highest BCUT2D eigenvalue weighted by Crippen LogP contribution is 2.39. The predicted molar refractivity (Wildman–Crippen MR) is 102 cm³/mol. The number of hydrogen-bond donors (Lipinski definition) is 0. The van der Waals surface area contributed by atoms with Crippen molar-refractivity contribution < 1.29 is 9.21 Å². The summed E-state index contributed by atoms with van der Waals surface area (Å²) >= 11 is 1.71. The van der Waals surface area contributed by atoms with Gasteiger partial charge in [-0.15, -0.1) is 11.3 Å². The van der Waals surface area contributed by atoms with E-state index in [2.05, 4.69) is 37.5 Å². The van der Waals surface area contributed by atoms with Gasteiger partial charge in [-0.05, 0) is 44.6 Å². The van der Waals surface area contributed by atoms with Crippen LogP contribution >= 0.6 is 11.3 Å². The number of furan rings is 1. The van der Waals surface area contributed by atoms with Gasteiger partial charge in [-0.1, -0.05) is 13.8 Å². The van der Waals surface area contributed by atoms with Crippen molar-refractivity contribution in [2.45, 2.75) is 34.2 Å². The van der Waals surface area contributed by atoms with E-state index in [1.54, 1.807) is 29.7 Å². The first-order chi connectivity index (χ1) is 12.0. The summed E-state index contributed by atoms with van der Waals surface area (Å²) in [5.74, 6) is 0.347. The van der Waals surface area contributed by atoms with Crippen molar-refractivity contribution in [1.82, 2.24) is 9.80 Å². The Morgan fingerprint density at radius 3 is 2.72 bits per heavy atom. The second-order valence-corrected chi connectivity index (χ2v) is 7.70. The lowest BCUT2D eigenvalue weighted by molar-refractivity contribution is 0.0928. The predicted octanol–water partition coefficient (Wildman–Crippen LogP) is 3.72. The van der Waals surface area contributed by atoms with Crippen LogP contribution in [0.5, 0.6) is 0 Å². The van der Waals surface area contributed by atoms with Gasteiger partial charge in [0.05, 0.1) is 12.9 Å². The lowest BCUT2D eigenvalue weighted by atomic mass is 10.1. The van der Waals surface area contributed by atoms with Gasteiger partial charge in [-0.3, -0.25) is 14.6 Å². The molecule has 0 radical (unpaired) electrons. The summed E-state index contributed by atoms with van der Waals surface area (Å²) in [6.07, 6.45) is 1.56. The molecule has 25 heavy (non-hydrogen) atoms. The zero-order valence-electron chi connectivity index (χ0n) is 15.5. The molecule has 0 unspecified atom stereocenters. The molecule has 0 spiro atoms. The highest BCUT2D eigenvalue weighted by Gasteiger charge is 2.32. The van der Waals surface area contributed by atoms with Crippen LogP contribution in [0.4, 0.5) is 5.00 Å². The molecule has 1 aliphatic heterocycles. The molecule has 1 aliphatic rings. The van der Waals surface area contributed by atoms with Crippen LogP contribution in [-0.4, -0.2) is 48.6 Å². The van der Waals surface area contributed by atoms with Gasteiger partial charge in [-0.2, -0.15) is 0 Å². The van der Waals surface area contributed by atoms with E-state index in [9.17, 15) is 4.79 Å². The van der Waals surface area contributed by atoms with Crippen molar-refractivity contribution >= 4 is 22.2 Å². The molecule has 0 saturated carbocycles. The first-order valence-electron chi connectivity index (χ1n) is 8.94. The molecule has 5 nitrogen and oxygen atoms in total. The largest absolute Gasteiger partial charge is 0.459 e. The lowest BCUT2D eigenvalue weighted by Gasteiger charge is -2.36. The third-order valence-electron chi connectivity index (χ3n) is 5.06. The van der Waals surface area contributed by atoms with E-state index in [1.807, 2.05) is 4.90 Å². The fourth-order valence-electron chi connectivity index (χ4n) is 3.26. The minimum atomic E-state index is -0.0555. The highest BCUT2D eigenvalue weighted by atomic mass is 32.1. The molecule has 3 rings (SSSR count). The number of aryl methyl sites for hydroxylation is 1. The standard InChI is InChI=1S/C19H27N3O2S/c1-5-20(6-2)9-10-21-12-16-14(3)15(4)25-19(16)22(13-21)18(23)17-8-7-11-24-17/h7-8,11H,5-6,9-10,12-13H2,1-4H3. The van der Waals surface area contributed by atoms with Crippen LogP contribution in [0, 0.1) is 13.8 Å². The van der Waals surface area contributed by atoms with Crippen molar-refractivity contribution in [1.29, 1.82) is 0 Å². The number of thiophene rings is 1. The summed E-state index contributed by atoms with van der Waals surface area (Å²) in [4.78, 5) is 20.9. The Hall–Kier alpha value is -1.63. The number of likely N-dealkylation sites (N-methyl/N-ethyl adjacent to an activating group) is 1. The summed E-state index contributed by atoms with van der Waals surface area (Å²) in [6.45, 7) is 14.3. The van der Waals surface area contributed by atoms with E-state index in [-0.39, 0.29) is 5.91 Å². The zero-order valence-corrected chi connectivity index (χ0v) is 16.4. The molecule has 1 amide bonds. The van der Waals surface area contributed by atoms with Gasteiger partial charge in [0, 0.05) is 30.1 Å². The van der Waals surface area contributed by atoms with Crippen molar-refractivity contribution in [2.24, 2.45) is 0 Å². The van der Waals surface area contributed by atoms with Crippen LogP contribution in [-0.2, 0) is 6.54 Å². The summed E-state index contributed by atoms with van der Waals surface area (Å²) in [5, 5.41) is 1.08. The maximum absolute atomic E-state index is 12.9. The number of nitrogens with zero attached hydrogens (tertiary/aromatic N) is 3. The maximum Gasteiger partial charge on any atom is 0.295 e. The smallest absolute Gasteiger partial charge is 0.295 e. The van der Waals surface area contributed by atoms with Gasteiger partial charge < -0.3 is 9.32 Å². The van der Waals surface area contributed by atoms with E-state index in [0.29, 0.717) is 12.4 Å². The molecule has 0 aliphatic carbocycles. The minimum Gasteiger partial charge on any atom is -0.459 e. The lowest BCUT2D eigenvalue weighted by Crippen LogP contribution is -2.47. The number of anilines is 1. The molecule has 6 heteroatoms. The Morgan fingerprint density at radius 2 is 2.08 bits per heavy atom. The Labute approximate surface area is 153 Å². The number of carbonyl (C=O) groups is 1. The third kappa shape index (κ3) is 3.66. The van der Waals surface area contributed by atoms with Gasteiger partial charge in [-0.25, -0.2) is 0 Å². The Balaban J connectivity index is 1.84. The third-order valence-corrected chi connectivity index (χ3v) is 6.33. The summed E-state index contributed by atoms with van der Waals surface area (Å²) in [6, 6.07) is 3.51. The van der Waals surface area contributed by atoms with Crippen LogP contribution in [0.1, 0.15) is 40.4 Å². The molecule has 0 bridgehead atoms. The monoisotopic (exact) mass is 361 g/mol. The molecule has 3 heterocycles. The quantitative estimate of drug-likeness (QED) is 0.786. The minimum absolute atomic E-state index is 0.0555. The topological polar surface area (TPSA) is 39.9 Å². The average molecular weight is 362 g/mol. The van der Waals surface area contributed by atoms with Crippen LogP contribution in [0.25, 0.3) is 0 Å². The van der Waals surface area contributed by atoms with E-state index in [0.717, 1.165) is 37.7 Å². The Kier molecular flexibility index (Phi) is 5.61. The Bertz CT molecular complexity index is 719. The molecule has 0 fully saturated rings. The highest BCUT2D eigenvalue weighted by molar-refractivity contribution is 7.16. The van der Waals surface area contributed by atoms with Crippen LogP contribution in [0.3, 0.4) is 0 Å². The van der Waals surface area contributed by atoms with Crippen molar-refractivity contribution in [2.75, 3.05) is 37.7 Å². The van der Waals surface area contributed by atoms with E-state index in [1.165, 1.54) is 16.0 Å². The molecular weight excluding hydrogens is 334 g/mol. The SMILES string of the molecule is CCN(CC)CCN1Cc2c(sc(C)c2C)N(C(=O)c2ccco2)C1. The van der Waals surface area contributed by atoms with Crippen molar-refractivity contribution in [3.63, 3.8) is 0 Å². The summed E-state index contributed by atoms with van der Waals surface area (Å²) in [7, 11) is 0. The molecule has 0 atom stereocenters. The fourth-order valence-corrected chi connectivity index (χ4v) is 4.42. The number of rotatable bonds is 6. The average Bonchev–Trinajstić information content (AvgIpc) is 3.25. The molecule has 2 aromatic heterocycles. The van der Waals surface area contributed by atoms with Gasteiger partial charge in [0.1, 0.15) is 5.00 Å². The normalized spacial score (nSPS) is 15.0. The number of hydrogen-bond acceptors (Lipinski definition) is 5. The van der Waals surface area contributed by atoms with Gasteiger partial charge in [0.2, 0.25) is 0 Å². The first kappa shape index (κ1) is 18.2. The number of carbonyl (C=O) groups excluding carboxylic acids is 1. The second kappa shape index (κ2) is 7.72. The second-order valence-electron chi connectivity index (χ2n) is 6.50. The zero-order chi connectivity index (χ0) is 18.0. The Morgan fingerprint density at radius 1 is 1.32 bits per heavy atom. The number of amides is 1. The van der Waals surface area contributed by atoms with Crippen LogP contribution in [0.15, 0.2) is 22.8 Å². The molecule has 0 aromatic carbocycles. The molecule has 136 valence electrons. The van der Waals surface area contributed by atoms with Gasteiger partial charge >= 0.3 is 0 Å². The van der Waals surface area contributed by atoms with Gasteiger partial charge in [0.15, 0.2) is 5.76 Å². The van der Waals surface area contributed by atoms with Gasteiger partial charge in [0.25, 0.3) is 5.91 Å². The number of fused-ring (bicyclic) bond motifs is 1. The summed E-state index contributed by atoms with van der Waals surface area (Å²) < 4.78 is 5.36. The molecule has 2 aromatic rings. The van der Waals surface area contributed by atoms with Crippen LogP contribution in [0.2, 0.25) is 0 Å². The summed E-state index contributed by atoms with van der Waals surface area (Å²) in [5.41, 5.74) is 2.60. The van der Waals surface area contributed by atoms with Crippen molar-refractivity contribution in [3.05, 3.63) is 40.2 Å². The molecule has 0 N–H and O–H groups in total. The van der Waals surface area contributed by atoms with E-state index in [4.69, 9.17) is 4.42 Å². The van der Waals surface area contributed by atoms with Crippen molar-refractivity contribution in [3.8, 4) is 0 Å². The fraction of sp³-hybridized carbons (Fsp3) is 0.526. The van der Waals surface area contributed by atoms with E-state index < -0.39 is 0 Å². The first-order valence-corrected chi connectivity index (χ1v) is 9.75. The maximum atomic E-state index is 12.9.